The van der Waals surface area contributed by atoms with E-state index in [2.05, 4.69) is 25.7 Å². The Kier molecular flexibility index (Phi) is 7.20. The Balaban J connectivity index is 1.20. The molecule has 2 fully saturated rings. The number of nitrogens with zero attached hydrogens (tertiary/aromatic N) is 5. The van der Waals surface area contributed by atoms with Crippen molar-refractivity contribution in [2.45, 2.75) is 44.2 Å². The number of carbonyl (C=O) groups excluding carboxylic acids is 1. The van der Waals surface area contributed by atoms with Gasteiger partial charge in [0.15, 0.2) is 5.69 Å². The summed E-state index contributed by atoms with van der Waals surface area (Å²) in [4.78, 5) is 25.5. The Morgan fingerprint density at radius 1 is 0.951 bits per heavy atom. The van der Waals surface area contributed by atoms with Gasteiger partial charge in [0.05, 0.1) is 29.6 Å². The van der Waals surface area contributed by atoms with E-state index >= 15 is 0 Å². The number of hydrogen-bond donors (Lipinski definition) is 2. The maximum atomic E-state index is 13.3. The number of morpholine rings is 1. The van der Waals surface area contributed by atoms with Crippen molar-refractivity contribution in [3.05, 3.63) is 70.7 Å². The lowest BCUT2D eigenvalue weighted by Crippen LogP contribution is -2.36. The van der Waals surface area contributed by atoms with E-state index in [0.29, 0.717) is 42.1 Å². The number of hydrogen-bond acceptors (Lipinski definition) is 10. The van der Waals surface area contributed by atoms with Gasteiger partial charge in [0, 0.05) is 30.1 Å². The number of amides is 1. The molecule has 10 nitrogen and oxygen atoms in total. The van der Waals surface area contributed by atoms with Crippen molar-refractivity contribution in [3.63, 3.8) is 0 Å². The zero-order chi connectivity index (χ0) is 27.6. The van der Waals surface area contributed by atoms with E-state index in [1.807, 2.05) is 54.6 Å². The summed E-state index contributed by atoms with van der Waals surface area (Å²) in [7, 11) is 0. The van der Waals surface area contributed by atoms with Gasteiger partial charge in [-0.1, -0.05) is 72.9 Å². The number of anilines is 3. The minimum atomic E-state index is -0.974. The van der Waals surface area contributed by atoms with Gasteiger partial charge in [-0.3, -0.25) is 4.79 Å². The van der Waals surface area contributed by atoms with E-state index in [-0.39, 0.29) is 11.9 Å². The third kappa shape index (κ3) is 5.34. The fourth-order valence-corrected chi connectivity index (χ4v) is 6.93. The molecule has 41 heavy (non-hydrogen) atoms. The van der Waals surface area contributed by atoms with E-state index < -0.39 is 6.17 Å². The smallest absolute Gasteiger partial charge is 0.317 e. The molecule has 2 aromatic heterocycles. The van der Waals surface area contributed by atoms with Crippen LogP contribution < -0.4 is 15.5 Å². The number of para-hydroxylation sites is 1. The summed E-state index contributed by atoms with van der Waals surface area (Å²) in [6.07, 6.45) is 5.11. The number of carbonyl (C=O) groups is 1. The highest BCUT2D eigenvalue weighted by atomic mass is 32.1. The summed E-state index contributed by atoms with van der Waals surface area (Å²) in [5.41, 5.74) is 3.84. The summed E-state index contributed by atoms with van der Waals surface area (Å²) in [6.45, 7) is 2.93. The molecule has 1 atom stereocenters. The van der Waals surface area contributed by atoms with Gasteiger partial charge in [0.25, 0.3) is 11.8 Å². The molecule has 1 aliphatic carbocycles. The van der Waals surface area contributed by atoms with Crippen molar-refractivity contribution >= 4 is 39.7 Å². The molecule has 1 saturated carbocycles. The number of nitrogens with one attached hydrogen (secondary N) is 2. The number of aliphatic imine (C=N–C) groups is 1. The van der Waals surface area contributed by atoms with Crippen LogP contribution in [0.4, 0.5) is 16.7 Å². The lowest BCUT2D eigenvalue weighted by Gasteiger charge is -2.27. The zero-order valence-corrected chi connectivity index (χ0v) is 23.4. The SMILES string of the molecule is O=C1Nc2ccccc2C(c2ccccc2)=NC1Nc1nnc(-c2nc(C3CCCCC3)sc2N2CCOCC2)o1. The van der Waals surface area contributed by atoms with Gasteiger partial charge in [0.1, 0.15) is 5.00 Å². The van der Waals surface area contributed by atoms with E-state index in [1.165, 1.54) is 19.3 Å². The second-order valence-corrected chi connectivity index (χ2v) is 11.5. The first kappa shape index (κ1) is 25.8. The highest BCUT2D eigenvalue weighted by Gasteiger charge is 2.30. The molecule has 3 aliphatic rings. The van der Waals surface area contributed by atoms with Gasteiger partial charge in [-0.25, -0.2) is 9.98 Å². The Hall–Kier alpha value is -4.09. The third-order valence-electron chi connectivity index (χ3n) is 7.76. The molecule has 1 saturated heterocycles. The molecule has 2 N–H and O–H groups in total. The lowest BCUT2D eigenvalue weighted by atomic mass is 9.90. The first-order valence-corrected chi connectivity index (χ1v) is 15.0. The summed E-state index contributed by atoms with van der Waals surface area (Å²) in [6, 6.07) is 17.6. The maximum Gasteiger partial charge on any atom is 0.317 e. The molecule has 2 aliphatic heterocycles. The molecule has 210 valence electrons. The van der Waals surface area contributed by atoms with Crippen LogP contribution in [0.5, 0.6) is 0 Å². The number of fused-ring (bicyclic) bond motifs is 1. The van der Waals surface area contributed by atoms with Crippen LogP contribution >= 0.6 is 11.3 Å². The van der Waals surface area contributed by atoms with Crippen molar-refractivity contribution in [2.24, 2.45) is 4.99 Å². The zero-order valence-electron chi connectivity index (χ0n) is 22.6. The molecule has 0 spiro atoms. The molecule has 2 aromatic carbocycles. The average Bonchev–Trinajstić information content (AvgIpc) is 3.65. The molecule has 1 amide bonds. The molecule has 1 unspecified atom stereocenters. The maximum absolute atomic E-state index is 13.3. The largest absolute Gasteiger partial charge is 0.402 e. The van der Waals surface area contributed by atoms with Crippen molar-refractivity contribution < 1.29 is 13.9 Å². The van der Waals surface area contributed by atoms with Crippen LogP contribution in [0.1, 0.15) is 54.2 Å². The van der Waals surface area contributed by atoms with Crippen molar-refractivity contribution in [1.29, 1.82) is 0 Å². The molecule has 4 aromatic rings. The van der Waals surface area contributed by atoms with Gasteiger partial charge in [-0.15, -0.1) is 16.4 Å². The van der Waals surface area contributed by atoms with E-state index in [9.17, 15) is 4.79 Å². The predicted molar refractivity (Wildman–Crippen MR) is 159 cm³/mol. The molecule has 4 heterocycles. The lowest BCUT2D eigenvalue weighted by molar-refractivity contribution is -0.116. The highest BCUT2D eigenvalue weighted by Crippen LogP contribution is 2.43. The number of aromatic nitrogens is 3. The van der Waals surface area contributed by atoms with Crippen molar-refractivity contribution in [2.75, 3.05) is 41.8 Å². The molecule has 0 bridgehead atoms. The molecule has 7 rings (SSSR count). The minimum Gasteiger partial charge on any atom is -0.402 e. The number of benzodiazepines with no additional fused rings is 1. The predicted octanol–water partition coefficient (Wildman–Crippen LogP) is 5.31. The van der Waals surface area contributed by atoms with Gasteiger partial charge in [-0.05, 0) is 18.9 Å². The van der Waals surface area contributed by atoms with Crippen LogP contribution in [0, 0.1) is 0 Å². The summed E-state index contributed by atoms with van der Waals surface area (Å²) < 4.78 is 11.7. The molecule has 11 heteroatoms. The number of rotatable bonds is 6. The van der Waals surface area contributed by atoms with Crippen LogP contribution in [-0.2, 0) is 9.53 Å². The second kappa shape index (κ2) is 11.4. The first-order chi connectivity index (χ1) is 20.2. The Morgan fingerprint density at radius 3 is 2.56 bits per heavy atom. The standard InChI is InChI=1S/C30H31N7O3S/c38-26-25(32-23(19-9-3-1-4-10-19)21-13-7-8-14-22(21)31-26)34-30-36-35-27(40-30)24-29(37-15-17-39-18-16-37)41-28(33-24)20-11-5-2-6-12-20/h1,3-4,7-10,13-14,20,25H,2,5-6,11-12,15-18H2,(H,31,38)(H,34,36). The number of thiazole rings is 1. The van der Waals surface area contributed by atoms with Gasteiger partial charge >= 0.3 is 6.01 Å². The van der Waals surface area contributed by atoms with Gasteiger partial charge in [0.2, 0.25) is 6.17 Å². The summed E-state index contributed by atoms with van der Waals surface area (Å²) in [5.74, 6) is 0.479. The third-order valence-corrected chi connectivity index (χ3v) is 9.04. The Bertz CT molecular complexity index is 1560. The molecular formula is C30H31N7O3S. The fourth-order valence-electron chi connectivity index (χ4n) is 5.65. The number of ether oxygens (including phenoxy) is 1. The molecular weight excluding hydrogens is 538 g/mol. The monoisotopic (exact) mass is 569 g/mol. The van der Waals surface area contributed by atoms with Crippen LogP contribution in [0.2, 0.25) is 0 Å². The minimum absolute atomic E-state index is 0.113. The Morgan fingerprint density at radius 2 is 1.73 bits per heavy atom. The normalized spacial score (nSPS) is 19.7. The quantitative estimate of drug-likeness (QED) is 0.321. The van der Waals surface area contributed by atoms with Crippen LogP contribution in [-0.4, -0.2) is 59.3 Å². The van der Waals surface area contributed by atoms with Crippen LogP contribution in [0.25, 0.3) is 11.6 Å². The summed E-state index contributed by atoms with van der Waals surface area (Å²) in [5, 5.41) is 16.8. The average molecular weight is 570 g/mol. The summed E-state index contributed by atoms with van der Waals surface area (Å²) >= 11 is 1.73. The van der Waals surface area contributed by atoms with Crippen molar-refractivity contribution in [1.82, 2.24) is 15.2 Å². The van der Waals surface area contributed by atoms with Gasteiger partial charge in [-0.2, -0.15) is 0 Å². The topological polar surface area (TPSA) is 118 Å². The van der Waals surface area contributed by atoms with E-state index in [0.717, 1.165) is 47.1 Å². The second-order valence-electron chi connectivity index (χ2n) is 10.5. The van der Waals surface area contributed by atoms with Crippen LogP contribution in [0.15, 0.2) is 64.0 Å². The van der Waals surface area contributed by atoms with E-state index in [1.54, 1.807) is 11.3 Å². The first-order valence-electron chi connectivity index (χ1n) is 14.2. The number of benzene rings is 2. The Labute approximate surface area is 241 Å². The fraction of sp³-hybridized carbons (Fsp3) is 0.367. The van der Waals surface area contributed by atoms with E-state index in [4.69, 9.17) is 19.1 Å². The molecule has 0 radical (unpaired) electrons. The van der Waals surface area contributed by atoms with Crippen molar-refractivity contribution in [3.8, 4) is 11.6 Å². The van der Waals surface area contributed by atoms with Crippen LogP contribution in [0.3, 0.4) is 0 Å². The van der Waals surface area contributed by atoms with Gasteiger partial charge < -0.3 is 24.7 Å². The highest BCUT2D eigenvalue weighted by molar-refractivity contribution is 7.16.